The third kappa shape index (κ3) is 4.32. The van der Waals surface area contributed by atoms with Gasteiger partial charge in [0.15, 0.2) is 0 Å². The van der Waals surface area contributed by atoms with Crippen LogP contribution in [0, 0.1) is 0 Å². The molecule has 23 heavy (non-hydrogen) atoms. The highest BCUT2D eigenvalue weighted by atomic mass is 16.4. The lowest BCUT2D eigenvalue weighted by molar-refractivity contribution is -0.142. The molecular weight excluding hydrogens is 294 g/mol. The maximum absolute atomic E-state index is 12.0. The fraction of sp³-hybridized carbons (Fsp3) is 0.412. The third-order valence-electron chi connectivity index (χ3n) is 3.92. The Bertz CT molecular complexity index is 681. The minimum atomic E-state index is -1.06. The summed E-state index contributed by atoms with van der Waals surface area (Å²) in [6.07, 6.45) is 4.34. The predicted molar refractivity (Wildman–Crippen MR) is 89.1 cm³/mol. The molecule has 5 N–H and O–H groups in total. The van der Waals surface area contributed by atoms with Crippen LogP contribution in [0.25, 0.3) is 10.9 Å². The van der Waals surface area contributed by atoms with Crippen LogP contribution in [0.4, 0.5) is 0 Å². The van der Waals surface area contributed by atoms with Crippen LogP contribution in [-0.4, -0.2) is 34.1 Å². The zero-order chi connectivity index (χ0) is 16.8. The number of nitrogens with one attached hydrogen (secondary N) is 2. The highest BCUT2D eigenvalue weighted by Crippen LogP contribution is 2.19. The molecule has 6 nitrogen and oxygen atoms in total. The zero-order valence-electron chi connectivity index (χ0n) is 13.2. The standard InChI is InChI=1S/C17H23N3O3/c1-2-3-7-13(18)16(21)20-15(17(22)23)9-11-10-19-14-8-5-4-6-12(11)14/h4-6,8,10,13,15,19H,2-3,7,9,18H2,1H3,(H,20,21)(H,22,23)/t13-,15-/m0/s1. The van der Waals surface area contributed by atoms with Gasteiger partial charge in [0.25, 0.3) is 0 Å². The molecule has 0 saturated heterocycles. The van der Waals surface area contributed by atoms with Crippen molar-refractivity contribution in [1.82, 2.24) is 10.3 Å². The van der Waals surface area contributed by atoms with Gasteiger partial charge in [-0.2, -0.15) is 0 Å². The predicted octanol–water partition coefficient (Wildman–Crippen LogP) is 1.80. The molecule has 1 amide bonds. The second-order valence-electron chi connectivity index (χ2n) is 5.71. The number of aromatic nitrogens is 1. The first-order valence-corrected chi connectivity index (χ1v) is 7.86. The summed E-state index contributed by atoms with van der Waals surface area (Å²) >= 11 is 0. The van der Waals surface area contributed by atoms with Gasteiger partial charge in [0, 0.05) is 23.5 Å². The number of nitrogens with two attached hydrogens (primary N) is 1. The fourth-order valence-electron chi connectivity index (χ4n) is 2.55. The number of carboxylic acid groups (broad SMARTS) is 1. The van der Waals surface area contributed by atoms with Crippen LogP contribution in [0.15, 0.2) is 30.5 Å². The summed E-state index contributed by atoms with van der Waals surface area (Å²) in [7, 11) is 0. The molecule has 0 spiro atoms. The highest BCUT2D eigenvalue weighted by Gasteiger charge is 2.24. The number of H-pyrrole nitrogens is 1. The van der Waals surface area contributed by atoms with Gasteiger partial charge in [-0.25, -0.2) is 4.79 Å². The molecule has 0 radical (unpaired) electrons. The number of aromatic amines is 1. The Kier molecular flexibility index (Phi) is 5.76. The van der Waals surface area contributed by atoms with E-state index in [1.54, 1.807) is 6.20 Å². The largest absolute Gasteiger partial charge is 0.480 e. The summed E-state index contributed by atoms with van der Waals surface area (Å²) in [5.41, 5.74) is 7.60. The van der Waals surface area contributed by atoms with Crippen molar-refractivity contribution in [3.05, 3.63) is 36.0 Å². The average molecular weight is 317 g/mol. The number of para-hydroxylation sites is 1. The Hall–Kier alpha value is -2.34. The Morgan fingerprint density at radius 2 is 2.09 bits per heavy atom. The molecule has 0 aliphatic rings. The van der Waals surface area contributed by atoms with Gasteiger partial charge in [-0.3, -0.25) is 4.79 Å². The number of benzene rings is 1. The molecule has 2 aromatic rings. The number of fused-ring (bicyclic) bond motifs is 1. The smallest absolute Gasteiger partial charge is 0.326 e. The lowest BCUT2D eigenvalue weighted by atomic mass is 10.0. The maximum atomic E-state index is 12.0. The highest BCUT2D eigenvalue weighted by molar-refractivity contribution is 5.88. The van der Waals surface area contributed by atoms with E-state index < -0.39 is 24.0 Å². The van der Waals surface area contributed by atoms with Crippen molar-refractivity contribution >= 4 is 22.8 Å². The summed E-state index contributed by atoms with van der Waals surface area (Å²) in [4.78, 5) is 26.6. The number of carbonyl (C=O) groups is 2. The lowest BCUT2D eigenvalue weighted by Crippen LogP contribution is -2.49. The number of unbranched alkanes of at least 4 members (excludes halogenated alkanes) is 1. The van der Waals surface area contributed by atoms with E-state index in [9.17, 15) is 14.7 Å². The SMILES string of the molecule is CCCC[C@H](N)C(=O)N[C@@H](Cc1c[nH]c2ccccc12)C(=O)O. The minimum absolute atomic E-state index is 0.214. The van der Waals surface area contributed by atoms with Gasteiger partial charge in [-0.05, 0) is 18.1 Å². The molecule has 124 valence electrons. The maximum Gasteiger partial charge on any atom is 0.326 e. The van der Waals surface area contributed by atoms with Gasteiger partial charge in [0.2, 0.25) is 5.91 Å². The van der Waals surface area contributed by atoms with Crippen LogP contribution in [0.5, 0.6) is 0 Å². The summed E-state index contributed by atoms with van der Waals surface area (Å²) < 4.78 is 0. The number of amides is 1. The van der Waals surface area contributed by atoms with Crippen molar-refractivity contribution < 1.29 is 14.7 Å². The summed E-state index contributed by atoms with van der Waals surface area (Å²) in [6, 6.07) is 6.00. The van der Waals surface area contributed by atoms with Gasteiger partial charge in [0.1, 0.15) is 6.04 Å². The van der Waals surface area contributed by atoms with E-state index in [0.717, 1.165) is 29.3 Å². The van der Waals surface area contributed by atoms with E-state index in [1.807, 2.05) is 31.2 Å². The Labute approximate surface area is 135 Å². The van der Waals surface area contributed by atoms with Crippen LogP contribution >= 0.6 is 0 Å². The van der Waals surface area contributed by atoms with Crippen molar-refractivity contribution in [3.8, 4) is 0 Å². The number of carboxylic acids is 1. The van der Waals surface area contributed by atoms with E-state index in [4.69, 9.17) is 5.73 Å². The molecule has 1 aromatic heterocycles. The Morgan fingerprint density at radius 1 is 1.35 bits per heavy atom. The Morgan fingerprint density at radius 3 is 2.78 bits per heavy atom. The summed E-state index contributed by atoms with van der Waals surface area (Å²) in [6.45, 7) is 2.02. The van der Waals surface area contributed by atoms with Crippen LogP contribution in [-0.2, 0) is 16.0 Å². The topological polar surface area (TPSA) is 108 Å². The molecule has 2 atom stereocenters. The van der Waals surface area contributed by atoms with Crippen LogP contribution in [0.3, 0.4) is 0 Å². The van der Waals surface area contributed by atoms with Crippen LogP contribution in [0.1, 0.15) is 31.7 Å². The molecule has 1 heterocycles. The lowest BCUT2D eigenvalue weighted by Gasteiger charge is -2.17. The van der Waals surface area contributed by atoms with Gasteiger partial charge < -0.3 is 21.1 Å². The molecule has 0 aliphatic heterocycles. The first-order chi connectivity index (χ1) is 11.0. The van der Waals surface area contributed by atoms with Crippen molar-refractivity contribution in [1.29, 1.82) is 0 Å². The fourth-order valence-corrected chi connectivity index (χ4v) is 2.55. The molecule has 6 heteroatoms. The Balaban J connectivity index is 2.07. The normalized spacial score (nSPS) is 13.7. The molecular formula is C17H23N3O3. The van der Waals surface area contributed by atoms with E-state index in [1.165, 1.54) is 0 Å². The number of rotatable bonds is 8. The third-order valence-corrected chi connectivity index (χ3v) is 3.92. The molecule has 1 aromatic carbocycles. The summed E-state index contributed by atoms with van der Waals surface area (Å²) in [5, 5.41) is 12.9. The molecule has 2 rings (SSSR count). The molecule has 0 saturated carbocycles. The van der Waals surface area contributed by atoms with Gasteiger partial charge in [-0.15, -0.1) is 0 Å². The van der Waals surface area contributed by atoms with E-state index in [-0.39, 0.29) is 6.42 Å². The number of carbonyl (C=O) groups excluding carboxylic acids is 1. The summed E-state index contributed by atoms with van der Waals surface area (Å²) in [5.74, 6) is -1.47. The zero-order valence-corrected chi connectivity index (χ0v) is 13.2. The van der Waals surface area contributed by atoms with Gasteiger partial charge in [-0.1, -0.05) is 38.0 Å². The first kappa shape index (κ1) is 17.0. The first-order valence-electron chi connectivity index (χ1n) is 7.86. The van der Waals surface area contributed by atoms with Gasteiger partial charge in [0.05, 0.1) is 6.04 Å². The average Bonchev–Trinajstić information content (AvgIpc) is 2.95. The van der Waals surface area contributed by atoms with E-state index in [0.29, 0.717) is 6.42 Å². The molecule has 0 unspecified atom stereocenters. The monoisotopic (exact) mass is 317 g/mol. The van der Waals surface area contributed by atoms with Gasteiger partial charge >= 0.3 is 5.97 Å². The molecule has 0 aliphatic carbocycles. The second kappa shape index (κ2) is 7.78. The van der Waals surface area contributed by atoms with E-state index >= 15 is 0 Å². The van der Waals surface area contributed by atoms with Crippen molar-refractivity contribution in [3.63, 3.8) is 0 Å². The minimum Gasteiger partial charge on any atom is -0.480 e. The van der Waals surface area contributed by atoms with Crippen molar-refractivity contribution in [2.45, 2.75) is 44.7 Å². The van der Waals surface area contributed by atoms with Crippen LogP contribution in [0.2, 0.25) is 0 Å². The van der Waals surface area contributed by atoms with Crippen molar-refractivity contribution in [2.75, 3.05) is 0 Å². The van der Waals surface area contributed by atoms with Crippen molar-refractivity contribution in [2.24, 2.45) is 5.73 Å². The number of hydrogen-bond donors (Lipinski definition) is 4. The molecule has 0 fully saturated rings. The molecule has 0 bridgehead atoms. The number of aliphatic carboxylic acids is 1. The number of hydrogen-bond acceptors (Lipinski definition) is 3. The van der Waals surface area contributed by atoms with Crippen LogP contribution < -0.4 is 11.1 Å². The quantitative estimate of drug-likeness (QED) is 0.595. The van der Waals surface area contributed by atoms with E-state index in [2.05, 4.69) is 10.3 Å². The second-order valence-corrected chi connectivity index (χ2v) is 5.71.